The van der Waals surface area contributed by atoms with Crippen molar-refractivity contribution in [2.45, 2.75) is 12.5 Å². The molecule has 4 nitrogen and oxygen atoms in total. The lowest BCUT2D eigenvalue weighted by molar-refractivity contribution is -0.118. The molecule has 3 aromatic rings. The van der Waals surface area contributed by atoms with Gasteiger partial charge in [-0.1, -0.05) is 54.1 Å². The van der Waals surface area contributed by atoms with Gasteiger partial charge in [-0.25, -0.2) is 0 Å². The molecule has 0 bridgehead atoms. The molecular weight excluding hydrogens is 368 g/mol. The molecular formula is C20H17ClN2O2S. The van der Waals surface area contributed by atoms with Crippen LogP contribution in [0, 0.1) is 0 Å². The maximum absolute atomic E-state index is 12.8. The Balaban J connectivity index is 1.77. The first-order valence-electron chi connectivity index (χ1n) is 8.06. The van der Waals surface area contributed by atoms with Gasteiger partial charge in [0, 0.05) is 17.1 Å². The Labute approximate surface area is 160 Å². The second-order valence-electron chi connectivity index (χ2n) is 5.69. The van der Waals surface area contributed by atoms with Gasteiger partial charge in [-0.05, 0) is 35.2 Å². The highest BCUT2D eigenvalue weighted by molar-refractivity contribution is 7.12. The number of thiophene rings is 1. The van der Waals surface area contributed by atoms with Crippen LogP contribution in [0.15, 0.2) is 72.1 Å². The SMILES string of the molecule is O=C(N[C@@H](Cc1ccccc1)C(=O)Nc1cccc(Cl)c1)c1cccs1. The number of amides is 2. The van der Waals surface area contributed by atoms with Crippen LogP contribution < -0.4 is 10.6 Å². The zero-order valence-corrected chi connectivity index (χ0v) is 15.4. The van der Waals surface area contributed by atoms with E-state index in [2.05, 4.69) is 10.6 Å². The normalized spacial score (nSPS) is 11.6. The number of hydrogen-bond acceptors (Lipinski definition) is 3. The fraction of sp³-hybridized carbons (Fsp3) is 0.100. The van der Waals surface area contributed by atoms with Crippen molar-refractivity contribution in [3.8, 4) is 0 Å². The Morgan fingerprint density at radius 1 is 1.00 bits per heavy atom. The van der Waals surface area contributed by atoms with E-state index in [4.69, 9.17) is 11.6 Å². The number of halogens is 1. The van der Waals surface area contributed by atoms with E-state index in [1.54, 1.807) is 36.4 Å². The molecule has 2 amide bonds. The third-order valence-corrected chi connectivity index (χ3v) is 4.85. The lowest BCUT2D eigenvalue weighted by Crippen LogP contribution is -2.45. The molecule has 26 heavy (non-hydrogen) atoms. The Hall–Kier alpha value is -2.63. The van der Waals surface area contributed by atoms with Crippen molar-refractivity contribution in [1.82, 2.24) is 5.32 Å². The maximum atomic E-state index is 12.8. The standard InChI is InChI=1S/C20H17ClN2O2S/c21-15-8-4-9-16(13-15)22-19(24)17(12-14-6-2-1-3-7-14)23-20(25)18-10-5-11-26-18/h1-11,13,17H,12H2,(H,22,24)(H,23,25)/t17-/m0/s1. The lowest BCUT2D eigenvalue weighted by Gasteiger charge is -2.18. The van der Waals surface area contributed by atoms with Crippen LogP contribution in [0.4, 0.5) is 5.69 Å². The van der Waals surface area contributed by atoms with Gasteiger partial charge in [-0.3, -0.25) is 9.59 Å². The Morgan fingerprint density at radius 2 is 1.81 bits per heavy atom. The molecule has 0 spiro atoms. The second kappa shape index (κ2) is 8.65. The highest BCUT2D eigenvalue weighted by Gasteiger charge is 2.22. The van der Waals surface area contributed by atoms with Crippen molar-refractivity contribution in [1.29, 1.82) is 0 Å². The molecule has 2 aromatic carbocycles. The Bertz CT molecular complexity index is 882. The zero-order chi connectivity index (χ0) is 18.4. The molecule has 0 aliphatic carbocycles. The number of carbonyl (C=O) groups is 2. The van der Waals surface area contributed by atoms with Crippen LogP contribution in [0.5, 0.6) is 0 Å². The molecule has 1 aromatic heterocycles. The first-order valence-corrected chi connectivity index (χ1v) is 9.32. The number of rotatable bonds is 6. The first kappa shape index (κ1) is 18.2. The fourth-order valence-electron chi connectivity index (χ4n) is 2.49. The molecule has 0 fully saturated rings. The van der Waals surface area contributed by atoms with Crippen LogP contribution >= 0.6 is 22.9 Å². The molecule has 2 N–H and O–H groups in total. The van der Waals surface area contributed by atoms with Crippen molar-refractivity contribution >= 4 is 40.4 Å². The van der Waals surface area contributed by atoms with E-state index in [0.29, 0.717) is 22.0 Å². The van der Waals surface area contributed by atoms with Crippen molar-refractivity contribution < 1.29 is 9.59 Å². The topological polar surface area (TPSA) is 58.2 Å². The molecule has 1 atom stereocenters. The zero-order valence-electron chi connectivity index (χ0n) is 13.8. The summed E-state index contributed by atoms with van der Waals surface area (Å²) < 4.78 is 0. The molecule has 0 saturated carbocycles. The molecule has 0 radical (unpaired) electrons. The van der Waals surface area contributed by atoms with Crippen LogP contribution in [0.25, 0.3) is 0 Å². The molecule has 0 aliphatic heterocycles. The highest BCUT2D eigenvalue weighted by Crippen LogP contribution is 2.16. The molecule has 1 heterocycles. The molecule has 6 heteroatoms. The summed E-state index contributed by atoms with van der Waals surface area (Å²) in [6.45, 7) is 0. The van der Waals surface area contributed by atoms with Gasteiger partial charge in [0.05, 0.1) is 4.88 Å². The van der Waals surface area contributed by atoms with Crippen LogP contribution in [0.1, 0.15) is 15.2 Å². The largest absolute Gasteiger partial charge is 0.339 e. The summed E-state index contributed by atoms with van der Waals surface area (Å²) in [4.78, 5) is 25.8. The number of nitrogens with one attached hydrogen (secondary N) is 2. The van der Waals surface area contributed by atoms with Gasteiger partial charge >= 0.3 is 0 Å². The van der Waals surface area contributed by atoms with Crippen LogP contribution in [-0.4, -0.2) is 17.9 Å². The van der Waals surface area contributed by atoms with Gasteiger partial charge < -0.3 is 10.6 Å². The van der Waals surface area contributed by atoms with E-state index in [9.17, 15) is 9.59 Å². The molecule has 0 saturated heterocycles. The number of carbonyl (C=O) groups excluding carboxylic acids is 2. The minimum Gasteiger partial charge on any atom is -0.339 e. The average molecular weight is 385 g/mol. The third kappa shape index (κ3) is 4.94. The van der Waals surface area contributed by atoms with Gasteiger partial charge in [0.1, 0.15) is 6.04 Å². The van der Waals surface area contributed by atoms with Crippen LogP contribution in [0.2, 0.25) is 5.02 Å². The summed E-state index contributed by atoms with van der Waals surface area (Å²) in [5, 5.41) is 8.01. The molecule has 0 unspecified atom stereocenters. The highest BCUT2D eigenvalue weighted by atomic mass is 35.5. The molecule has 132 valence electrons. The van der Waals surface area contributed by atoms with Gasteiger partial charge in [-0.2, -0.15) is 0 Å². The summed E-state index contributed by atoms with van der Waals surface area (Å²) in [6.07, 6.45) is 0.393. The van der Waals surface area contributed by atoms with Crippen molar-refractivity contribution in [2.75, 3.05) is 5.32 Å². The third-order valence-electron chi connectivity index (χ3n) is 3.74. The summed E-state index contributed by atoms with van der Waals surface area (Å²) in [6, 6.07) is 19.3. The van der Waals surface area contributed by atoms with Crippen LogP contribution in [0.3, 0.4) is 0 Å². The Kier molecular flexibility index (Phi) is 6.04. The van der Waals surface area contributed by atoms with Gasteiger partial charge in [-0.15, -0.1) is 11.3 Å². The average Bonchev–Trinajstić information content (AvgIpc) is 3.17. The first-order chi connectivity index (χ1) is 12.6. The number of anilines is 1. The fourth-order valence-corrected chi connectivity index (χ4v) is 3.31. The summed E-state index contributed by atoms with van der Waals surface area (Å²) in [5.41, 5.74) is 1.55. The van der Waals surface area contributed by atoms with E-state index < -0.39 is 6.04 Å². The van der Waals surface area contributed by atoms with E-state index in [1.807, 2.05) is 35.7 Å². The van der Waals surface area contributed by atoms with E-state index in [0.717, 1.165) is 5.56 Å². The summed E-state index contributed by atoms with van der Waals surface area (Å²) >= 11 is 7.31. The smallest absolute Gasteiger partial charge is 0.262 e. The predicted molar refractivity (Wildman–Crippen MR) is 106 cm³/mol. The summed E-state index contributed by atoms with van der Waals surface area (Å²) in [5.74, 6) is -0.553. The minimum atomic E-state index is -0.703. The second-order valence-corrected chi connectivity index (χ2v) is 7.08. The van der Waals surface area contributed by atoms with Crippen molar-refractivity contribution in [3.05, 3.63) is 87.6 Å². The van der Waals surface area contributed by atoms with Crippen LogP contribution in [-0.2, 0) is 11.2 Å². The maximum Gasteiger partial charge on any atom is 0.262 e. The van der Waals surface area contributed by atoms with Gasteiger partial charge in [0.15, 0.2) is 0 Å². The van der Waals surface area contributed by atoms with E-state index >= 15 is 0 Å². The summed E-state index contributed by atoms with van der Waals surface area (Å²) in [7, 11) is 0. The van der Waals surface area contributed by atoms with Gasteiger partial charge in [0.25, 0.3) is 5.91 Å². The minimum absolute atomic E-state index is 0.262. The predicted octanol–water partition coefficient (Wildman–Crippen LogP) is 4.38. The van der Waals surface area contributed by atoms with E-state index in [-0.39, 0.29) is 11.8 Å². The van der Waals surface area contributed by atoms with Crippen molar-refractivity contribution in [3.63, 3.8) is 0 Å². The number of benzene rings is 2. The number of hydrogen-bond donors (Lipinski definition) is 2. The van der Waals surface area contributed by atoms with Crippen molar-refractivity contribution in [2.24, 2.45) is 0 Å². The van der Waals surface area contributed by atoms with E-state index in [1.165, 1.54) is 11.3 Å². The quantitative estimate of drug-likeness (QED) is 0.662. The monoisotopic (exact) mass is 384 g/mol. The van der Waals surface area contributed by atoms with Gasteiger partial charge in [0.2, 0.25) is 5.91 Å². The Morgan fingerprint density at radius 3 is 2.50 bits per heavy atom. The molecule has 0 aliphatic rings. The lowest BCUT2D eigenvalue weighted by atomic mass is 10.0. The molecule has 3 rings (SSSR count).